The molecule has 0 N–H and O–H groups in total. The van der Waals surface area contributed by atoms with Crippen molar-refractivity contribution in [1.29, 1.82) is 0 Å². The van der Waals surface area contributed by atoms with Crippen LogP contribution in [0.1, 0.15) is 0 Å². The third-order valence-electron chi connectivity index (χ3n) is 1.12. The first-order valence-electron chi connectivity index (χ1n) is 2.29. The highest BCUT2D eigenvalue weighted by molar-refractivity contribution is 9.24. The van der Waals surface area contributed by atoms with Crippen LogP contribution >= 0.6 is 26.4 Å². The minimum atomic E-state index is -1.04. The standard InChI is InChI=1S/C3H7BrClSi2/c1-7(5)2-6(4)3-7/h2-3H2,1H3. The van der Waals surface area contributed by atoms with Gasteiger partial charge in [0.2, 0.25) is 0 Å². The average Bonchev–Trinajstić information content (AvgIpc) is 1.27. The molecule has 0 aromatic rings. The van der Waals surface area contributed by atoms with Gasteiger partial charge in [-0.15, -0.1) is 15.3 Å². The topological polar surface area (TPSA) is 0 Å². The number of halogens is 2. The van der Waals surface area contributed by atoms with E-state index in [9.17, 15) is 0 Å². The highest BCUT2D eigenvalue weighted by Gasteiger charge is 2.40. The molecule has 0 spiro atoms. The zero-order valence-electron chi connectivity index (χ0n) is 4.17. The van der Waals surface area contributed by atoms with Gasteiger partial charge in [-0.05, 0) is 11.3 Å². The molecule has 0 aromatic carbocycles. The summed E-state index contributed by atoms with van der Waals surface area (Å²) in [6.45, 7) is 2.24. The molecule has 1 saturated heterocycles. The molecular weight excluding hydrogens is 208 g/mol. The van der Waals surface area contributed by atoms with Crippen molar-refractivity contribution < 1.29 is 0 Å². The molecule has 0 saturated carbocycles. The first-order chi connectivity index (χ1) is 3.10. The van der Waals surface area contributed by atoms with Crippen LogP contribution < -0.4 is 0 Å². The van der Waals surface area contributed by atoms with Crippen LogP contribution in [0.25, 0.3) is 0 Å². The van der Waals surface area contributed by atoms with Gasteiger partial charge >= 0.3 is 0 Å². The quantitative estimate of drug-likeness (QED) is 0.429. The van der Waals surface area contributed by atoms with Gasteiger partial charge in [0.15, 0.2) is 0 Å². The van der Waals surface area contributed by atoms with Crippen molar-refractivity contribution in [2.75, 3.05) is 0 Å². The predicted molar refractivity (Wildman–Crippen MR) is 41.8 cm³/mol. The van der Waals surface area contributed by atoms with E-state index in [0.717, 1.165) is 0 Å². The molecule has 0 nitrogen and oxygen atoms in total. The summed E-state index contributed by atoms with van der Waals surface area (Å²) in [4.78, 5) is 0. The van der Waals surface area contributed by atoms with E-state index in [0.29, 0.717) is 0 Å². The van der Waals surface area contributed by atoms with Gasteiger partial charge in [-0.3, -0.25) is 0 Å². The molecule has 1 rings (SSSR count). The predicted octanol–water partition coefficient (Wildman–Crippen LogP) is 2.28. The molecule has 1 fully saturated rings. The molecule has 1 heterocycles. The van der Waals surface area contributed by atoms with E-state index in [2.05, 4.69) is 21.8 Å². The molecule has 7 heavy (non-hydrogen) atoms. The zero-order valence-corrected chi connectivity index (χ0v) is 8.51. The molecule has 41 valence electrons. The normalized spacial score (nSPS) is 29.6. The first-order valence-corrected chi connectivity index (χ1v) is 10.4. The average molecular weight is 215 g/mol. The summed E-state index contributed by atoms with van der Waals surface area (Å²) in [7, 11) is -1.10. The lowest BCUT2D eigenvalue weighted by Crippen LogP contribution is -2.42. The summed E-state index contributed by atoms with van der Waals surface area (Å²) in [5.74, 6) is 0. The molecule has 0 atom stereocenters. The van der Waals surface area contributed by atoms with Gasteiger partial charge in [0, 0.05) is 0 Å². The van der Waals surface area contributed by atoms with Crippen molar-refractivity contribution in [2.45, 2.75) is 17.9 Å². The van der Waals surface area contributed by atoms with Crippen LogP contribution in [-0.4, -0.2) is 14.8 Å². The molecule has 1 aliphatic heterocycles. The Morgan fingerprint density at radius 3 is 2.14 bits per heavy atom. The zero-order chi connectivity index (χ0) is 5.49. The summed E-state index contributed by atoms with van der Waals surface area (Å²) in [6, 6.07) is 0. The van der Waals surface area contributed by atoms with Gasteiger partial charge in [-0.25, -0.2) is 0 Å². The molecule has 4 heteroatoms. The van der Waals surface area contributed by atoms with E-state index < -0.39 is 7.38 Å². The third kappa shape index (κ3) is 1.55. The van der Waals surface area contributed by atoms with Crippen molar-refractivity contribution in [1.82, 2.24) is 0 Å². The smallest absolute Gasteiger partial charge is 0.149 e. The maximum Gasteiger partial charge on any atom is 0.149 e. The van der Waals surface area contributed by atoms with Gasteiger partial charge in [-0.2, -0.15) is 11.1 Å². The van der Waals surface area contributed by atoms with Crippen molar-refractivity contribution in [3.8, 4) is 0 Å². The Balaban J connectivity index is 2.29. The second-order valence-electron chi connectivity index (χ2n) is 2.28. The molecule has 0 aromatic heterocycles. The van der Waals surface area contributed by atoms with Crippen molar-refractivity contribution in [3.63, 3.8) is 0 Å². The molecular formula is C3H7BrClSi2. The second kappa shape index (κ2) is 1.86. The summed E-state index contributed by atoms with van der Waals surface area (Å²) >= 11 is 9.62. The lowest BCUT2D eigenvalue weighted by atomic mass is 11.7. The highest BCUT2D eigenvalue weighted by Crippen LogP contribution is 2.37. The van der Waals surface area contributed by atoms with Crippen LogP contribution in [-0.2, 0) is 0 Å². The van der Waals surface area contributed by atoms with Crippen LogP contribution in [0.5, 0.6) is 0 Å². The van der Waals surface area contributed by atoms with Crippen LogP contribution in [0.15, 0.2) is 0 Å². The van der Waals surface area contributed by atoms with Gasteiger partial charge in [-0.1, -0.05) is 6.55 Å². The van der Waals surface area contributed by atoms with E-state index >= 15 is 0 Å². The number of hydrogen-bond donors (Lipinski definition) is 0. The van der Waals surface area contributed by atoms with E-state index in [1.807, 2.05) is 0 Å². The van der Waals surface area contributed by atoms with Crippen molar-refractivity contribution in [3.05, 3.63) is 0 Å². The summed E-state index contributed by atoms with van der Waals surface area (Å²) in [5, 5.41) is 0. The van der Waals surface area contributed by atoms with Crippen molar-refractivity contribution in [2.24, 2.45) is 0 Å². The maximum absolute atomic E-state index is 6.03. The fourth-order valence-electron chi connectivity index (χ4n) is 0.748. The fraction of sp³-hybridized carbons (Fsp3) is 1.00. The SMILES string of the molecule is C[Si]1(Cl)C[Si](Br)C1. The van der Waals surface area contributed by atoms with E-state index in [-0.39, 0.29) is 7.42 Å². The number of rotatable bonds is 0. The Morgan fingerprint density at radius 1 is 1.71 bits per heavy atom. The lowest BCUT2D eigenvalue weighted by molar-refractivity contribution is 1.56. The van der Waals surface area contributed by atoms with Gasteiger partial charge in [0.05, 0.1) is 0 Å². The largest absolute Gasteiger partial charge is 0.168 e. The second-order valence-corrected chi connectivity index (χ2v) is 15.1. The van der Waals surface area contributed by atoms with Crippen LogP contribution in [0, 0.1) is 0 Å². The van der Waals surface area contributed by atoms with E-state index in [4.69, 9.17) is 11.1 Å². The summed E-state index contributed by atoms with van der Waals surface area (Å²) in [6.07, 6.45) is 0. The fourth-order valence-corrected chi connectivity index (χ4v) is 23.7. The molecule has 1 aliphatic rings. The van der Waals surface area contributed by atoms with Crippen molar-refractivity contribution >= 4 is 41.2 Å². The molecule has 0 unspecified atom stereocenters. The van der Waals surface area contributed by atoms with Gasteiger partial charge in [0.25, 0.3) is 0 Å². The number of hydrogen-bond acceptors (Lipinski definition) is 0. The Morgan fingerprint density at radius 2 is 2.14 bits per heavy atom. The third-order valence-corrected chi connectivity index (χ3v) is 17.5. The minimum Gasteiger partial charge on any atom is -0.168 e. The van der Waals surface area contributed by atoms with Gasteiger partial charge < -0.3 is 0 Å². The lowest BCUT2D eigenvalue weighted by Gasteiger charge is -2.32. The van der Waals surface area contributed by atoms with E-state index in [1.165, 1.54) is 11.3 Å². The molecule has 0 amide bonds. The Hall–Kier alpha value is 1.20. The Kier molecular flexibility index (Phi) is 1.68. The van der Waals surface area contributed by atoms with Crippen LogP contribution in [0.4, 0.5) is 0 Å². The van der Waals surface area contributed by atoms with Crippen LogP contribution in [0.2, 0.25) is 17.9 Å². The maximum atomic E-state index is 6.03. The Labute approximate surface area is 59.1 Å². The van der Waals surface area contributed by atoms with Crippen LogP contribution in [0.3, 0.4) is 0 Å². The molecule has 1 radical (unpaired) electrons. The first kappa shape index (κ1) is 6.33. The molecule has 0 bridgehead atoms. The summed E-state index contributed by atoms with van der Waals surface area (Å²) in [5.41, 5.74) is 2.72. The minimum absolute atomic E-state index is 0.0576. The monoisotopic (exact) mass is 213 g/mol. The Bertz CT molecular complexity index is 77.0. The van der Waals surface area contributed by atoms with E-state index in [1.54, 1.807) is 0 Å². The summed E-state index contributed by atoms with van der Waals surface area (Å²) < 4.78 is 0. The highest BCUT2D eigenvalue weighted by atomic mass is 79.9. The van der Waals surface area contributed by atoms with Gasteiger partial charge in [0.1, 0.15) is 14.8 Å². The molecule has 0 aliphatic carbocycles.